The molecule has 2 atom stereocenters. The van der Waals surface area contributed by atoms with E-state index >= 15 is 0 Å². The number of fused-ring (bicyclic) bond motifs is 1. The van der Waals surface area contributed by atoms with Crippen LogP contribution in [0.4, 0.5) is 5.69 Å². The largest absolute Gasteiger partial charge is 0.352 e. The third-order valence-corrected chi connectivity index (χ3v) is 7.45. The Morgan fingerprint density at radius 2 is 1.97 bits per heavy atom. The van der Waals surface area contributed by atoms with Crippen molar-refractivity contribution in [1.82, 2.24) is 10.2 Å². The van der Waals surface area contributed by atoms with E-state index in [1.165, 1.54) is 18.2 Å². The molecule has 5 nitrogen and oxygen atoms in total. The van der Waals surface area contributed by atoms with Crippen LogP contribution in [0.5, 0.6) is 0 Å². The molecule has 1 saturated heterocycles. The number of hydrogen-bond acceptors (Lipinski definition) is 4. The zero-order chi connectivity index (χ0) is 23.4. The minimum Gasteiger partial charge on any atom is -0.352 e. The summed E-state index contributed by atoms with van der Waals surface area (Å²) in [4.78, 5) is 29.2. The van der Waals surface area contributed by atoms with Crippen LogP contribution in [0.2, 0.25) is 5.02 Å². The Kier molecular flexibility index (Phi) is 7.78. The summed E-state index contributed by atoms with van der Waals surface area (Å²) in [6.45, 7) is 8.56. The Labute approximate surface area is 205 Å². The van der Waals surface area contributed by atoms with Crippen molar-refractivity contribution in [1.29, 1.82) is 0 Å². The fourth-order valence-electron chi connectivity index (χ4n) is 4.62. The molecule has 7 heteroatoms. The van der Waals surface area contributed by atoms with Gasteiger partial charge in [0.25, 0.3) is 11.8 Å². The molecule has 0 bridgehead atoms. The maximum atomic E-state index is 12.6. The van der Waals surface area contributed by atoms with E-state index in [4.69, 9.17) is 11.6 Å². The maximum Gasteiger partial charge on any atom is 0.262 e. The van der Waals surface area contributed by atoms with Crippen LogP contribution in [0, 0.1) is 11.8 Å². The summed E-state index contributed by atoms with van der Waals surface area (Å²) in [5, 5.41) is 6.52. The van der Waals surface area contributed by atoms with Gasteiger partial charge in [0.1, 0.15) is 0 Å². The summed E-state index contributed by atoms with van der Waals surface area (Å²) >= 11 is 7.60. The summed E-state index contributed by atoms with van der Waals surface area (Å²) < 4.78 is 0. The third kappa shape index (κ3) is 6.19. The van der Waals surface area contributed by atoms with Gasteiger partial charge in [-0.2, -0.15) is 0 Å². The number of halogens is 1. The molecule has 2 aromatic carbocycles. The smallest absolute Gasteiger partial charge is 0.262 e. The highest BCUT2D eigenvalue weighted by atomic mass is 35.5. The highest BCUT2D eigenvalue weighted by molar-refractivity contribution is 8.04. The summed E-state index contributed by atoms with van der Waals surface area (Å²) in [5.41, 5.74) is 2.00. The number of nitrogens with zero attached hydrogens (tertiary/aromatic N) is 1. The Morgan fingerprint density at radius 3 is 2.73 bits per heavy atom. The molecule has 0 radical (unpaired) electrons. The van der Waals surface area contributed by atoms with E-state index in [0.29, 0.717) is 27.7 Å². The van der Waals surface area contributed by atoms with Crippen LogP contribution in [-0.4, -0.2) is 42.9 Å². The maximum absolute atomic E-state index is 12.6. The van der Waals surface area contributed by atoms with Gasteiger partial charge in [-0.1, -0.05) is 55.4 Å². The van der Waals surface area contributed by atoms with E-state index in [9.17, 15) is 9.59 Å². The molecule has 0 spiro atoms. The van der Waals surface area contributed by atoms with Crippen molar-refractivity contribution in [2.45, 2.75) is 31.6 Å². The number of anilines is 1. The van der Waals surface area contributed by atoms with E-state index in [1.54, 1.807) is 24.3 Å². The average molecular weight is 484 g/mol. The van der Waals surface area contributed by atoms with Crippen LogP contribution in [0.25, 0.3) is 6.08 Å². The molecule has 2 aliphatic rings. The molecule has 2 aliphatic heterocycles. The van der Waals surface area contributed by atoms with E-state index < -0.39 is 0 Å². The first-order valence-electron chi connectivity index (χ1n) is 11.5. The Bertz CT molecular complexity index is 1060. The second-order valence-corrected chi connectivity index (χ2v) is 10.6. The van der Waals surface area contributed by atoms with Gasteiger partial charge in [-0.15, -0.1) is 0 Å². The van der Waals surface area contributed by atoms with E-state index in [0.717, 1.165) is 48.3 Å². The van der Waals surface area contributed by atoms with Gasteiger partial charge in [-0.3, -0.25) is 9.59 Å². The molecule has 0 aliphatic carbocycles. The zero-order valence-corrected chi connectivity index (χ0v) is 20.6. The van der Waals surface area contributed by atoms with Crippen molar-refractivity contribution in [3.8, 4) is 0 Å². The number of thioether (sulfide) groups is 1. The van der Waals surface area contributed by atoms with Crippen molar-refractivity contribution in [2.75, 3.05) is 31.5 Å². The van der Waals surface area contributed by atoms with E-state index in [2.05, 4.69) is 29.4 Å². The Hall–Kier alpha value is -2.28. The van der Waals surface area contributed by atoms with Gasteiger partial charge < -0.3 is 15.5 Å². The molecule has 1 fully saturated rings. The molecule has 2 aromatic rings. The van der Waals surface area contributed by atoms with Gasteiger partial charge >= 0.3 is 0 Å². The van der Waals surface area contributed by atoms with Gasteiger partial charge in [0.2, 0.25) is 0 Å². The number of carbonyl (C=O) groups excluding carboxylic acids is 2. The van der Waals surface area contributed by atoms with Gasteiger partial charge in [-0.05, 0) is 67.1 Å². The number of nitrogens with one attached hydrogen (secondary N) is 2. The normalized spacial score (nSPS) is 22.0. The van der Waals surface area contributed by atoms with Crippen molar-refractivity contribution in [2.24, 2.45) is 11.8 Å². The van der Waals surface area contributed by atoms with Gasteiger partial charge in [0.05, 0.1) is 10.6 Å². The molecule has 174 valence electrons. The standard InChI is InChI=1S/C26H30ClN3O2S/c1-17-12-18(2)16-30(15-17)11-5-10-28-25(31)20-8-9-23-22(13-20)29-26(32)24(33-23)14-19-6-3-4-7-21(19)27/h3-4,6-9,13-14,17-18H,5,10-12,15-16H2,1-2H3,(H,28,31)(H,29,32)/b24-14+/t17-,18-/m0/s1. The van der Waals surface area contributed by atoms with Gasteiger partial charge in [0.15, 0.2) is 0 Å². The van der Waals surface area contributed by atoms with Crippen molar-refractivity contribution >= 4 is 46.9 Å². The highest BCUT2D eigenvalue weighted by Gasteiger charge is 2.23. The lowest BCUT2D eigenvalue weighted by Gasteiger charge is -2.34. The first-order chi connectivity index (χ1) is 15.9. The lowest BCUT2D eigenvalue weighted by atomic mass is 9.92. The van der Waals surface area contributed by atoms with Crippen LogP contribution < -0.4 is 10.6 Å². The minimum absolute atomic E-state index is 0.116. The predicted molar refractivity (Wildman–Crippen MR) is 137 cm³/mol. The number of likely N-dealkylation sites (tertiary alicyclic amines) is 1. The molecule has 2 N–H and O–H groups in total. The van der Waals surface area contributed by atoms with Crippen LogP contribution in [0.15, 0.2) is 52.3 Å². The fraction of sp³-hybridized carbons (Fsp3) is 0.385. The molecule has 2 heterocycles. The minimum atomic E-state index is -0.199. The van der Waals surface area contributed by atoms with Crippen molar-refractivity contribution in [3.05, 3.63) is 63.5 Å². The average Bonchev–Trinajstić information content (AvgIpc) is 2.77. The first kappa shape index (κ1) is 23.9. The first-order valence-corrected chi connectivity index (χ1v) is 12.7. The number of amides is 2. The molecule has 4 rings (SSSR count). The number of piperidine rings is 1. The quantitative estimate of drug-likeness (QED) is 0.419. The summed E-state index contributed by atoms with van der Waals surface area (Å²) in [6.07, 6.45) is 4.02. The molecule has 0 saturated carbocycles. The lowest BCUT2D eigenvalue weighted by molar-refractivity contribution is -0.112. The summed E-state index contributed by atoms with van der Waals surface area (Å²) in [5.74, 6) is 1.17. The number of hydrogen-bond donors (Lipinski definition) is 2. The van der Waals surface area contributed by atoms with Crippen LogP contribution in [-0.2, 0) is 4.79 Å². The SMILES string of the molecule is C[C@H]1C[C@H](C)CN(CCCNC(=O)c2ccc3c(c2)NC(=O)/C(=C\c2ccccc2Cl)S3)C1. The van der Waals surface area contributed by atoms with Crippen LogP contribution in [0.1, 0.15) is 42.6 Å². The lowest BCUT2D eigenvalue weighted by Crippen LogP contribution is -2.40. The third-order valence-electron chi connectivity index (χ3n) is 6.01. The highest BCUT2D eigenvalue weighted by Crippen LogP contribution is 2.39. The monoisotopic (exact) mass is 483 g/mol. The molecular formula is C26H30ClN3O2S. The number of carbonyl (C=O) groups is 2. The predicted octanol–water partition coefficient (Wildman–Crippen LogP) is 5.52. The Morgan fingerprint density at radius 1 is 1.21 bits per heavy atom. The second kappa shape index (κ2) is 10.8. The fourth-order valence-corrected chi connectivity index (χ4v) is 5.73. The number of benzene rings is 2. The van der Waals surface area contributed by atoms with Crippen molar-refractivity contribution in [3.63, 3.8) is 0 Å². The second-order valence-electron chi connectivity index (χ2n) is 9.11. The van der Waals surface area contributed by atoms with Gasteiger partial charge in [0, 0.05) is 35.1 Å². The Balaban J connectivity index is 1.33. The summed E-state index contributed by atoms with van der Waals surface area (Å²) in [6, 6.07) is 12.8. The molecule has 0 aromatic heterocycles. The van der Waals surface area contributed by atoms with Crippen LogP contribution in [0.3, 0.4) is 0 Å². The molecule has 0 unspecified atom stereocenters. The number of rotatable bonds is 6. The van der Waals surface area contributed by atoms with E-state index in [-0.39, 0.29) is 11.8 Å². The van der Waals surface area contributed by atoms with E-state index in [1.807, 2.05) is 24.3 Å². The van der Waals surface area contributed by atoms with Gasteiger partial charge in [-0.25, -0.2) is 0 Å². The molecule has 2 amide bonds. The zero-order valence-electron chi connectivity index (χ0n) is 19.1. The van der Waals surface area contributed by atoms with Crippen LogP contribution >= 0.6 is 23.4 Å². The topological polar surface area (TPSA) is 61.4 Å². The summed E-state index contributed by atoms with van der Waals surface area (Å²) in [7, 11) is 0. The van der Waals surface area contributed by atoms with Crippen molar-refractivity contribution < 1.29 is 9.59 Å². The molecule has 33 heavy (non-hydrogen) atoms. The molecular weight excluding hydrogens is 454 g/mol.